The molecule has 0 unspecified atom stereocenters. The third-order valence-electron chi connectivity index (χ3n) is 17.1. The first-order valence-corrected chi connectivity index (χ1v) is 30.2. The molecule has 4 heterocycles. The van der Waals surface area contributed by atoms with Gasteiger partial charge in [0.1, 0.15) is 11.5 Å². The Bertz CT molecular complexity index is 4160. The second kappa shape index (κ2) is 17.2. The lowest BCUT2D eigenvalue weighted by molar-refractivity contribution is 0.486. The van der Waals surface area contributed by atoms with Crippen LogP contribution in [0.4, 0.5) is 17.1 Å². The molecule has 0 bridgehead atoms. The van der Waals surface area contributed by atoms with Gasteiger partial charge < -0.3 is 9.64 Å². The highest BCUT2D eigenvalue weighted by Gasteiger charge is 2.51. The predicted molar refractivity (Wildman–Crippen MR) is 335 cm³/mol. The van der Waals surface area contributed by atoms with Crippen molar-refractivity contribution in [2.75, 3.05) is 4.90 Å². The fraction of sp³-hybridized carbons (Fsp3) is 0.167. The quantitative estimate of drug-likeness (QED) is 0.159. The van der Waals surface area contributed by atoms with Crippen LogP contribution in [0, 0.1) is 0 Å². The lowest BCUT2D eigenvalue weighted by Crippen LogP contribution is -2.73. The van der Waals surface area contributed by atoms with Gasteiger partial charge in [-0.05, 0) is 159 Å². The van der Waals surface area contributed by atoms with Crippen molar-refractivity contribution in [3.05, 3.63) is 229 Å². The van der Waals surface area contributed by atoms with Gasteiger partial charge in [0.25, 0.3) is 6.71 Å². The van der Waals surface area contributed by atoms with Crippen molar-refractivity contribution in [3.63, 3.8) is 0 Å². The molecule has 0 aliphatic carbocycles. The van der Waals surface area contributed by atoms with E-state index in [2.05, 4.69) is 280 Å². The van der Waals surface area contributed by atoms with Crippen LogP contribution in [0.15, 0.2) is 212 Å². The standard InChI is InChI=1S/C72H62BNOSSi/c1-70(2,3)48-30-33-60(54(40-48)45-21-13-10-14-22-45)74-61-43-57-53-27-19-20-28-67(53)77(51-23-15-11-16-24-51,52-25-17-12-18-26-52)68(57)44-58(61)73-59-42-50(72(7,8)9)31-34-63(59)75-64-39-47(38-62(74)69(64)73)46-29-35-65-55(37-46)56-41-49(71(4,5)6)32-36-66(56)76-65/h10-44H,1-9H3. The molecule has 3 aliphatic heterocycles. The van der Waals surface area contributed by atoms with Crippen LogP contribution in [0.2, 0.25) is 0 Å². The molecule has 0 saturated heterocycles. The zero-order valence-corrected chi connectivity index (χ0v) is 47.4. The zero-order chi connectivity index (χ0) is 52.8. The van der Waals surface area contributed by atoms with Crippen LogP contribution in [0.1, 0.15) is 79.0 Å². The highest BCUT2D eigenvalue weighted by Crippen LogP contribution is 2.49. The summed E-state index contributed by atoms with van der Waals surface area (Å²) < 4.78 is 10.1. The smallest absolute Gasteiger partial charge is 0.256 e. The summed E-state index contributed by atoms with van der Waals surface area (Å²) in [5.74, 6) is 1.83. The van der Waals surface area contributed by atoms with Gasteiger partial charge in [-0.1, -0.05) is 214 Å². The van der Waals surface area contributed by atoms with Gasteiger partial charge >= 0.3 is 0 Å². The van der Waals surface area contributed by atoms with Crippen molar-refractivity contribution in [1.29, 1.82) is 0 Å². The van der Waals surface area contributed by atoms with Gasteiger partial charge in [-0.2, -0.15) is 0 Å². The average molecular weight is 1030 g/mol. The normalized spacial score (nSPS) is 14.2. The maximum atomic E-state index is 7.43. The van der Waals surface area contributed by atoms with Gasteiger partial charge in [-0.3, -0.25) is 0 Å². The Morgan fingerprint density at radius 2 is 0.974 bits per heavy atom. The second-order valence-electron chi connectivity index (χ2n) is 24.9. The van der Waals surface area contributed by atoms with Crippen molar-refractivity contribution in [2.24, 2.45) is 0 Å². The zero-order valence-electron chi connectivity index (χ0n) is 45.5. The van der Waals surface area contributed by atoms with Gasteiger partial charge in [0.15, 0.2) is 8.07 Å². The predicted octanol–water partition coefficient (Wildman–Crippen LogP) is 15.0. The Kier molecular flexibility index (Phi) is 10.6. The Hall–Kier alpha value is -7.70. The molecule has 374 valence electrons. The van der Waals surface area contributed by atoms with Gasteiger partial charge in [0, 0.05) is 37.1 Å². The molecule has 77 heavy (non-hydrogen) atoms. The Balaban J connectivity index is 1.11. The molecule has 0 saturated carbocycles. The van der Waals surface area contributed by atoms with E-state index in [1.165, 1.54) is 108 Å². The summed E-state index contributed by atoms with van der Waals surface area (Å²) in [5, 5.41) is 8.28. The molecular formula is C72H62BNOSSi. The van der Waals surface area contributed by atoms with Crippen molar-refractivity contribution in [3.8, 4) is 44.9 Å². The summed E-state index contributed by atoms with van der Waals surface area (Å²) in [4.78, 5) is 2.63. The molecule has 0 spiro atoms. The molecule has 0 amide bonds. The summed E-state index contributed by atoms with van der Waals surface area (Å²) in [6, 6.07) is 81.8. The number of thiophene rings is 1. The fourth-order valence-corrected chi connectivity index (χ4v) is 19.3. The molecule has 1 aromatic heterocycles. The van der Waals surface area contributed by atoms with Crippen LogP contribution in [0.25, 0.3) is 53.6 Å². The monoisotopic (exact) mass is 1030 g/mol. The van der Waals surface area contributed by atoms with Crippen molar-refractivity contribution in [2.45, 2.75) is 78.6 Å². The van der Waals surface area contributed by atoms with Gasteiger partial charge in [0.2, 0.25) is 0 Å². The highest BCUT2D eigenvalue weighted by molar-refractivity contribution is 7.26. The summed E-state index contributed by atoms with van der Waals surface area (Å²) in [5.41, 5.74) is 18.4. The van der Waals surface area contributed by atoms with E-state index in [-0.39, 0.29) is 23.0 Å². The Morgan fingerprint density at radius 1 is 0.390 bits per heavy atom. The molecular weight excluding hydrogens is 966 g/mol. The number of benzene rings is 10. The average Bonchev–Trinajstić information content (AvgIpc) is 4.06. The van der Waals surface area contributed by atoms with Crippen LogP contribution in [-0.2, 0) is 16.2 Å². The largest absolute Gasteiger partial charge is 0.458 e. The maximum absolute atomic E-state index is 7.43. The highest BCUT2D eigenvalue weighted by atomic mass is 32.1. The first-order chi connectivity index (χ1) is 37.1. The first-order valence-electron chi connectivity index (χ1n) is 27.4. The topological polar surface area (TPSA) is 12.5 Å². The molecule has 10 aromatic carbocycles. The number of rotatable bonds is 5. The van der Waals surface area contributed by atoms with Crippen molar-refractivity contribution in [1.82, 2.24) is 0 Å². The third kappa shape index (κ3) is 7.41. The summed E-state index contributed by atoms with van der Waals surface area (Å²) >= 11 is 1.88. The SMILES string of the molecule is CC(C)(C)c1ccc2c(c1)B1c3cc4c(cc3N(c3ccc(C(C)(C)C)cc3-c3ccccc3)c3cc(-c5ccc6sc7ccc(C(C)(C)C)cc7c6c5)cc(c31)O2)-c1ccccc1[Si]4(c1ccccc1)c1ccccc1. The number of ether oxygens (including phenoxy) is 1. The van der Waals surface area contributed by atoms with Crippen LogP contribution < -0.4 is 46.8 Å². The minimum atomic E-state index is -2.89. The summed E-state index contributed by atoms with van der Waals surface area (Å²) in [6.45, 7) is 20.8. The lowest BCUT2D eigenvalue weighted by atomic mass is 9.34. The summed E-state index contributed by atoms with van der Waals surface area (Å²) in [7, 11) is -2.89. The van der Waals surface area contributed by atoms with E-state index in [4.69, 9.17) is 4.74 Å². The van der Waals surface area contributed by atoms with Crippen LogP contribution in [0.5, 0.6) is 11.5 Å². The van der Waals surface area contributed by atoms with E-state index in [1.54, 1.807) is 0 Å². The van der Waals surface area contributed by atoms with Crippen molar-refractivity contribution < 1.29 is 4.74 Å². The molecule has 2 nitrogen and oxygen atoms in total. The molecule has 0 N–H and O–H groups in total. The first kappa shape index (κ1) is 47.7. The number of nitrogens with zero attached hydrogens (tertiary/aromatic N) is 1. The molecule has 3 aliphatic rings. The lowest BCUT2D eigenvalue weighted by Gasteiger charge is -2.42. The molecule has 0 radical (unpaired) electrons. The Morgan fingerprint density at radius 3 is 1.66 bits per heavy atom. The number of hydrogen-bond acceptors (Lipinski definition) is 3. The minimum absolute atomic E-state index is 0.0391. The van der Waals surface area contributed by atoms with E-state index < -0.39 is 8.07 Å². The second-order valence-corrected chi connectivity index (χ2v) is 29.7. The minimum Gasteiger partial charge on any atom is -0.458 e. The maximum Gasteiger partial charge on any atom is 0.256 e. The van der Waals surface area contributed by atoms with Crippen LogP contribution in [-0.4, -0.2) is 14.8 Å². The molecule has 0 fully saturated rings. The molecule has 14 rings (SSSR count). The number of fused-ring (bicyclic) bond motifs is 10. The van der Waals surface area contributed by atoms with Gasteiger partial charge in [-0.25, -0.2) is 0 Å². The molecule has 0 atom stereocenters. The number of hydrogen-bond donors (Lipinski definition) is 0. The van der Waals surface area contributed by atoms with Crippen LogP contribution in [0.3, 0.4) is 0 Å². The van der Waals surface area contributed by atoms with E-state index >= 15 is 0 Å². The fourth-order valence-electron chi connectivity index (χ4n) is 13.0. The molecule has 11 aromatic rings. The van der Waals surface area contributed by atoms with E-state index in [1.807, 2.05) is 11.3 Å². The van der Waals surface area contributed by atoms with E-state index in [0.29, 0.717) is 0 Å². The number of anilines is 3. The third-order valence-corrected chi connectivity index (χ3v) is 23.1. The van der Waals surface area contributed by atoms with E-state index in [0.717, 1.165) is 28.4 Å². The summed E-state index contributed by atoms with van der Waals surface area (Å²) in [6.07, 6.45) is 0. The van der Waals surface area contributed by atoms with Gasteiger partial charge in [0.05, 0.1) is 5.69 Å². The molecule has 5 heteroatoms. The van der Waals surface area contributed by atoms with Crippen LogP contribution >= 0.6 is 11.3 Å². The van der Waals surface area contributed by atoms with E-state index in [9.17, 15) is 0 Å². The Labute approximate surface area is 459 Å². The van der Waals surface area contributed by atoms with Crippen molar-refractivity contribution >= 4 is 100 Å². The van der Waals surface area contributed by atoms with Gasteiger partial charge in [-0.15, -0.1) is 11.3 Å².